The predicted molar refractivity (Wildman–Crippen MR) is 52.3 cm³/mol. The molecule has 4 nitrogen and oxygen atoms in total. The topological polar surface area (TPSA) is 55.4 Å². The third-order valence-corrected chi connectivity index (χ3v) is 2.83. The van der Waals surface area contributed by atoms with Crippen molar-refractivity contribution >= 4 is 23.3 Å². The van der Waals surface area contributed by atoms with E-state index in [9.17, 15) is 9.59 Å². The van der Waals surface area contributed by atoms with Crippen LogP contribution in [0.25, 0.3) is 0 Å². The molecule has 1 amide bonds. The van der Waals surface area contributed by atoms with Crippen LogP contribution in [0.5, 0.6) is 0 Å². The molecule has 1 aliphatic rings. The number of Topliss-reactive ketones (excluding diaryl/α,β-unsaturated/α-hetero) is 1. The van der Waals surface area contributed by atoms with E-state index in [0.717, 1.165) is 0 Å². The van der Waals surface area contributed by atoms with Crippen LogP contribution in [0.15, 0.2) is 0 Å². The third kappa shape index (κ3) is 2.07. The van der Waals surface area contributed by atoms with Gasteiger partial charge in [-0.15, -0.1) is 11.6 Å². The van der Waals surface area contributed by atoms with Gasteiger partial charge >= 0.3 is 0 Å². The Morgan fingerprint density at radius 3 is 2.79 bits per heavy atom. The van der Waals surface area contributed by atoms with Crippen molar-refractivity contribution in [2.75, 3.05) is 19.1 Å². The van der Waals surface area contributed by atoms with Gasteiger partial charge in [-0.2, -0.15) is 0 Å². The Kier molecular flexibility index (Phi) is 3.50. The van der Waals surface area contributed by atoms with E-state index in [-0.39, 0.29) is 23.6 Å². The van der Waals surface area contributed by atoms with Crippen LogP contribution in [0.1, 0.15) is 13.8 Å². The first-order valence-corrected chi connectivity index (χ1v) is 4.98. The van der Waals surface area contributed by atoms with Crippen LogP contribution in [0, 0.1) is 5.41 Å². The van der Waals surface area contributed by atoms with Crippen molar-refractivity contribution in [1.29, 1.82) is 0 Å². The van der Waals surface area contributed by atoms with Crippen LogP contribution < -0.4 is 5.32 Å². The summed E-state index contributed by atoms with van der Waals surface area (Å²) in [7, 11) is 0. The summed E-state index contributed by atoms with van der Waals surface area (Å²) >= 11 is 5.51. The Morgan fingerprint density at radius 2 is 2.29 bits per heavy atom. The minimum absolute atomic E-state index is 0.0457. The Bertz CT molecular complexity index is 256. The van der Waals surface area contributed by atoms with Crippen molar-refractivity contribution in [3.05, 3.63) is 0 Å². The summed E-state index contributed by atoms with van der Waals surface area (Å²) < 4.78 is 5.20. The fraction of sp³-hybridized carbons (Fsp3) is 0.778. The molecular formula is C9H14ClNO3. The van der Waals surface area contributed by atoms with Crippen LogP contribution in [-0.4, -0.2) is 36.8 Å². The lowest BCUT2D eigenvalue weighted by molar-refractivity contribution is -0.127. The molecule has 0 aromatic rings. The van der Waals surface area contributed by atoms with E-state index in [0.29, 0.717) is 13.2 Å². The molecule has 1 fully saturated rings. The molecule has 80 valence electrons. The Hall–Kier alpha value is -0.610. The minimum atomic E-state index is -0.673. The number of halogens is 1. The van der Waals surface area contributed by atoms with E-state index in [1.54, 1.807) is 6.92 Å². The van der Waals surface area contributed by atoms with E-state index in [1.165, 1.54) is 6.92 Å². The van der Waals surface area contributed by atoms with E-state index in [2.05, 4.69) is 5.32 Å². The summed E-state index contributed by atoms with van der Waals surface area (Å²) in [4.78, 5) is 22.5. The zero-order valence-electron chi connectivity index (χ0n) is 8.30. The Labute approximate surface area is 87.9 Å². The van der Waals surface area contributed by atoms with Gasteiger partial charge in [-0.1, -0.05) is 0 Å². The molecule has 1 heterocycles. The number of amides is 1. The first kappa shape index (κ1) is 11.5. The third-order valence-electron chi connectivity index (χ3n) is 2.59. The molecule has 1 N–H and O–H groups in total. The highest BCUT2D eigenvalue weighted by atomic mass is 35.5. The summed E-state index contributed by atoms with van der Waals surface area (Å²) in [6.07, 6.45) is 0. The number of ketones is 1. The smallest absolute Gasteiger partial charge is 0.217 e. The van der Waals surface area contributed by atoms with Gasteiger partial charge < -0.3 is 10.1 Å². The highest BCUT2D eigenvalue weighted by molar-refractivity contribution is 6.28. The van der Waals surface area contributed by atoms with E-state index >= 15 is 0 Å². The number of nitrogens with one attached hydrogen (secondary N) is 1. The molecule has 0 bridgehead atoms. The number of alkyl halides is 1. The van der Waals surface area contributed by atoms with E-state index in [4.69, 9.17) is 16.3 Å². The molecule has 14 heavy (non-hydrogen) atoms. The van der Waals surface area contributed by atoms with Crippen LogP contribution in [0.2, 0.25) is 0 Å². The van der Waals surface area contributed by atoms with Crippen molar-refractivity contribution in [1.82, 2.24) is 5.32 Å². The number of carbonyl (C=O) groups excluding carboxylic acids is 2. The number of rotatable bonds is 3. The molecule has 0 aromatic carbocycles. The van der Waals surface area contributed by atoms with Gasteiger partial charge in [0.25, 0.3) is 0 Å². The summed E-state index contributed by atoms with van der Waals surface area (Å²) in [5.74, 6) is -0.292. The Morgan fingerprint density at radius 1 is 1.64 bits per heavy atom. The molecule has 2 atom stereocenters. The van der Waals surface area contributed by atoms with Gasteiger partial charge in [-0.25, -0.2) is 0 Å². The lowest BCUT2D eigenvalue weighted by atomic mass is 9.81. The zero-order valence-corrected chi connectivity index (χ0v) is 9.06. The van der Waals surface area contributed by atoms with Gasteiger partial charge in [0.1, 0.15) is 0 Å². The van der Waals surface area contributed by atoms with Gasteiger partial charge in [-0.05, 0) is 6.92 Å². The van der Waals surface area contributed by atoms with Crippen molar-refractivity contribution in [3.8, 4) is 0 Å². The second-order valence-electron chi connectivity index (χ2n) is 3.74. The number of hydrogen-bond acceptors (Lipinski definition) is 3. The van der Waals surface area contributed by atoms with Gasteiger partial charge in [0.2, 0.25) is 5.91 Å². The fourth-order valence-electron chi connectivity index (χ4n) is 1.55. The zero-order chi connectivity index (χ0) is 10.8. The largest absolute Gasteiger partial charge is 0.378 e. The molecule has 1 saturated heterocycles. The summed E-state index contributed by atoms with van der Waals surface area (Å²) in [6.45, 7) is 3.89. The van der Waals surface area contributed by atoms with Crippen molar-refractivity contribution in [3.63, 3.8) is 0 Å². The normalized spacial score (nSPS) is 31.5. The quantitative estimate of drug-likeness (QED) is 0.697. The minimum Gasteiger partial charge on any atom is -0.378 e. The van der Waals surface area contributed by atoms with E-state index < -0.39 is 5.41 Å². The standard InChI is InChI=1S/C9H14ClNO3/c1-6(12)11-7-4-14-5-9(7,2)8(13)3-10/h7H,3-5H2,1-2H3,(H,11,12). The lowest BCUT2D eigenvalue weighted by Crippen LogP contribution is -2.49. The SMILES string of the molecule is CC(=O)NC1COCC1(C)C(=O)CCl. The molecule has 1 aliphatic heterocycles. The molecule has 0 saturated carbocycles. The monoisotopic (exact) mass is 219 g/mol. The maximum absolute atomic E-state index is 11.6. The lowest BCUT2D eigenvalue weighted by Gasteiger charge is -2.27. The number of ether oxygens (including phenoxy) is 1. The fourth-order valence-corrected chi connectivity index (χ4v) is 1.85. The highest BCUT2D eigenvalue weighted by Crippen LogP contribution is 2.29. The summed E-state index contributed by atoms with van der Waals surface area (Å²) in [5, 5.41) is 2.70. The molecule has 0 aromatic heterocycles. The molecule has 0 aliphatic carbocycles. The summed E-state index contributed by atoms with van der Waals surface area (Å²) in [5.41, 5.74) is -0.673. The molecular weight excluding hydrogens is 206 g/mol. The maximum Gasteiger partial charge on any atom is 0.217 e. The van der Waals surface area contributed by atoms with E-state index in [1.807, 2.05) is 0 Å². The molecule has 0 radical (unpaired) electrons. The first-order valence-electron chi connectivity index (χ1n) is 4.45. The average molecular weight is 220 g/mol. The van der Waals surface area contributed by atoms with Crippen LogP contribution in [0.4, 0.5) is 0 Å². The van der Waals surface area contributed by atoms with Gasteiger partial charge in [-0.3, -0.25) is 9.59 Å². The van der Waals surface area contributed by atoms with Gasteiger partial charge in [0.05, 0.1) is 30.6 Å². The molecule has 2 unspecified atom stereocenters. The Balaban J connectivity index is 2.75. The predicted octanol–water partition coefficient (Wildman–Crippen LogP) is 0.336. The van der Waals surface area contributed by atoms with Gasteiger partial charge in [0.15, 0.2) is 5.78 Å². The second-order valence-corrected chi connectivity index (χ2v) is 4.01. The second kappa shape index (κ2) is 4.28. The maximum atomic E-state index is 11.6. The number of hydrogen-bond donors (Lipinski definition) is 1. The van der Waals surface area contributed by atoms with Crippen molar-refractivity contribution < 1.29 is 14.3 Å². The highest BCUT2D eigenvalue weighted by Gasteiger charge is 2.45. The summed E-state index contributed by atoms with van der Waals surface area (Å²) in [6, 6.07) is -0.258. The molecule has 1 rings (SSSR count). The van der Waals surface area contributed by atoms with Crippen molar-refractivity contribution in [2.24, 2.45) is 5.41 Å². The van der Waals surface area contributed by atoms with Crippen LogP contribution in [0.3, 0.4) is 0 Å². The van der Waals surface area contributed by atoms with Crippen LogP contribution >= 0.6 is 11.6 Å². The molecule has 0 spiro atoms. The van der Waals surface area contributed by atoms with Crippen molar-refractivity contribution in [2.45, 2.75) is 19.9 Å². The average Bonchev–Trinajstić information content (AvgIpc) is 2.47. The molecule has 5 heteroatoms. The van der Waals surface area contributed by atoms with Gasteiger partial charge in [0, 0.05) is 6.92 Å². The number of carbonyl (C=O) groups is 2. The van der Waals surface area contributed by atoms with Crippen LogP contribution in [-0.2, 0) is 14.3 Å². The first-order chi connectivity index (χ1) is 6.50.